The lowest BCUT2D eigenvalue weighted by Gasteiger charge is -2.02. The molecule has 0 atom stereocenters. The molecule has 2 aromatic carbocycles. The second kappa shape index (κ2) is 6.50. The van der Waals surface area contributed by atoms with Crippen LogP contribution in [0.5, 0.6) is 5.75 Å². The van der Waals surface area contributed by atoms with Crippen molar-refractivity contribution in [2.75, 3.05) is 12.4 Å². The van der Waals surface area contributed by atoms with Gasteiger partial charge in [-0.3, -0.25) is 10.1 Å². The summed E-state index contributed by atoms with van der Waals surface area (Å²) in [6.45, 7) is 0. The summed E-state index contributed by atoms with van der Waals surface area (Å²) in [7, 11) is 1.56. The van der Waals surface area contributed by atoms with Crippen LogP contribution in [0.15, 0.2) is 52.9 Å². The number of anilines is 1. The van der Waals surface area contributed by atoms with E-state index in [0.717, 1.165) is 0 Å². The molecule has 1 aromatic heterocycles. The number of hydrogen-bond acceptors (Lipinski definition) is 5. The molecule has 0 aliphatic rings. The first-order valence-electron chi connectivity index (χ1n) is 6.70. The summed E-state index contributed by atoms with van der Waals surface area (Å²) in [6.07, 6.45) is 0. The van der Waals surface area contributed by atoms with Gasteiger partial charge in [0.1, 0.15) is 5.75 Å². The Morgan fingerprint density at radius 1 is 1.17 bits per heavy atom. The molecule has 0 radical (unpaired) electrons. The maximum atomic E-state index is 12.1. The molecule has 3 rings (SSSR count). The van der Waals surface area contributed by atoms with Crippen LogP contribution in [0.4, 0.5) is 6.01 Å². The molecule has 0 aliphatic carbocycles. The normalized spacial score (nSPS) is 10.3. The van der Waals surface area contributed by atoms with Gasteiger partial charge in [-0.05, 0) is 42.5 Å². The van der Waals surface area contributed by atoms with Gasteiger partial charge in [-0.15, -0.1) is 5.10 Å². The van der Waals surface area contributed by atoms with Gasteiger partial charge >= 0.3 is 6.01 Å². The van der Waals surface area contributed by atoms with E-state index in [9.17, 15) is 4.79 Å². The van der Waals surface area contributed by atoms with Gasteiger partial charge < -0.3 is 9.15 Å². The molecule has 1 N–H and O–H groups in total. The zero-order valence-corrected chi connectivity index (χ0v) is 12.9. The largest absolute Gasteiger partial charge is 0.497 e. The molecule has 0 fully saturated rings. The number of nitrogens with zero attached hydrogens (tertiary/aromatic N) is 2. The summed E-state index contributed by atoms with van der Waals surface area (Å²) in [5.41, 5.74) is 1.13. The molecule has 0 spiro atoms. The standard InChI is InChI=1S/C16H12ClN3O3/c1-22-13-7-5-10(6-8-13)14(21)18-16-20-19-15(23-16)11-3-2-4-12(17)9-11/h2-9H,1H3,(H,18,20,21). The Morgan fingerprint density at radius 3 is 2.65 bits per heavy atom. The highest BCUT2D eigenvalue weighted by Gasteiger charge is 2.13. The predicted octanol–water partition coefficient (Wildman–Crippen LogP) is 3.65. The van der Waals surface area contributed by atoms with Gasteiger partial charge in [0.2, 0.25) is 5.89 Å². The van der Waals surface area contributed by atoms with E-state index in [2.05, 4.69) is 15.5 Å². The Morgan fingerprint density at radius 2 is 1.96 bits per heavy atom. The lowest BCUT2D eigenvalue weighted by Crippen LogP contribution is -2.11. The second-order valence-corrected chi connectivity index (χ2v) is 5.04. The van der Waals surface area contributed by atoms with Crippen LogP contribution >= 0.6 is 11.6 Å². The molecule has 0 aliphatic heterocycles. The summed E-state index contributed by atoms with van der Waals surface area (Å²) in [6, 6.07) is 13.7. The van der Waals surface area contributed by atoms with E-state index in [1.54, 1.807) is 55.6 Å². The number of carbonyl (C=O) groups is 1. The van der Waals surface area contributed by atoms with Crippen molar-refractivity contribution in [2.45, 2.75) is 0 Å². The number of methoxy groups -OCH3 is 1. The maximum Gasteiger partial charge on any atom is 0.322 e. The molecule has 0 saturated carbocycles. The van der Waals surface area contributed by atoms with E-state index in [4.69, 9.17) is 20.8 Å². The van der Waals surface area contributed by atoms with E-state index in [1.165, 1.54) is 0 Å². The molecule has 116 valence electrons. The van der Waals surface area contributed by atoms with Gasteiger partial charge in [-0.2, -0.15) is 0 Å². The molecule has 1 amide bonds. The van der Waals surface area contributed by atoms with Gasteiger partial charge in [0.15, 0.2) is 0 Å². The summed E-state index contributed by atoms with van der Waals surface area (Å²) in [5.74, 6) is 0.592. The average molecular weight is 330 g/mol. The van der Waals surface area contributed by atoms with E-state index >= 15 is 0 Å². The Bertz CT molecular complexity index is 831. The molecule has 0 saturated heterocycles. The van der Waals surface area contributed by atoms with Crippen LogP contribution in [0, 0.1) is 0 Å². The number of amides is 1. The highest BCUT2D eigenvalue weighted by Crippen LogP contribution is 2.23. The molecule has 0 unspecified atom stereocenters. The lowest BCUT2D eigenvalue weighted by atomic mass is 10.2. The number of hydrogen-bond donors (Lipinski definition) is 1. The van der Waals surface area contributed by atoms with Crippen molar-refractivity contribution < 1.29 is 13.9 Å². The van der Waals surface area contributed by atoms with Gasteiger partial charge in [-0.25, -0.2) is 0 Å². The van der Waals surface area contributed by atoms with Crippen LogP contribution in [0.3, 0.4) is 0 Å². The molecule has 0 bridgehead atoms. The van der Waals surface area contributed by atoms with Gasteiger partial charge in [0.25, 0.3) is 5.91 Å². The first-order valence-corrected chi connectivity index (χ1v) is 7.08. The second-order valence-electron chi connectivity index (χ2n) is 4.61. The minimum atomic E-state index is -0.353. The molecule has 3 aromatic rings. The lowest BCUT2D eigenvalue weighted by molar-refractivity contribution is 0.102. The smallest absolute Gasteiger partial charge is 0.322 e. The van der Waals surface area contributed by atoms with Crippen molar-refractivity contribution in [3.8, 4) is 17.2 Å². The zero-order valence-electron chi connectivity index (χ0n) is 12.1. The SMILES string of the molecule is COc1ccc(C(=O)Nc2nnc(-c3cccc(Cl)c3)o2)cc1. The van der Waals surface area contributed by atoms with Crippen molar-refractivity contribution in [1.29, 1.82) is 0 Å². The summed E-state index contributed by atoms with van der Waals surface area (Å²) < 4.78 is 10.5. The number of halogens is 1. The molecule has 1 heterocycles. The quantitative estimate of drug-likeness (QED) is 0.790. The number of carbonyl (C=O) groups excluding carboxylic acids is 1. The third kappa shape index (κ3) is 3.49. The van der Waals surface area contributed by atoms with Crippen LogP contribution in [-0.2, 0) is 0 Å². The number of ether oxygens (including phenoxy) is 1. The number of aromatic nitrogens is 2. The molecular weight excluding hydrogens is 318 g/mol. The van der Waals surface area contributed by atoms with Gasteiger partial charge in [-0.1, -0.05) is 22.8 Å². The molecule has 6 nitrogen and oxygen atoms in total. The van der Waals surface area contributed by atoms with E-state index in [-0.39, 0.29) is 17.8 Å². The van der Waals surface area contributed by atoms with Crippen LogP contribution in [0.25, 0.3) is 11.5 Å². The number of benzene rings is 2. The number of rotatable bonds is 4. The van der Waals surface area contributed by atoms with E-state index in [1.807, 2.05) is 0 Å². The van der Waals surface area contributed by atoms with E-state index < -0.39 is 0 Å². The van der Waals surface area contributed by atoms with Crippen LogP contribution in [0.1, 0.15) is 10.4 Å². The monoisotopic (exact) mass is 329 g/mol. The number of nitrogens with one attached hydrogen (secondary N) is 1. The Balaban J connectivity index is 1.74. The summed E-state index contributed by atoms with van der Waals surface area (Å²) >= 11 is 5.92. The third-order valence-corrected chi connectivity index (χ3v) is 3.30. The molecular formula is C16H12ClN3O3. The fourth-order valence-electron chi connectivity index (χ4n) is 1.92. The van der Waals surface area contributed by atoms with Crippen molar-refractivity contribution in [1.82, 2.24) is 10.2 Å². The molecule has 7 heteroatoms. The van der Waals surface area contributed by atoms with Crippen LogP contribution in [0.2, 0.25) is 5.02 Å². The molecule has 23 heavy (non-hydrogen) atoms. The zero-order chi connectivity index (χ0) is 16.2. The average Bonchev–Trinajstić information content (AvgIpc) is 3.03. The van der Waals surface area contributed by atoms with Crippen LogP contribution < -0.4 is 10.1 Å². The Hall–Kier alpha value is -2.86. The maximum absolute atomic E-state index is 12.1. The first kappa shape index (κ1) is 15.1. The third-order valence-electron chi connectivity index (χ3n) is 3.07. The Labute approximate surface area is 137 Å². The minimum absolute atomic E-state index is 0.0146. The van der Waals surface area contributed by atoms with Crippen molar-refractivity contribution in [2.24, 2.45) is 0 Å². The summed E-state index contributed by atoms with van der Waals surface area (Å²) in [5, 5.41) is 10.8. The van der Waals surface area contributed by atoms with Crippen molar-refractivity contribution >= 4 is 23.5 Å². The Kier molecular flexibility index (Phi) is 4.25. The predicted molar refractivity (Wildman–Crippen MR) is 85.7 cm³/mol. The van der Waals surface area contributed by atoms with Gasteiger partial charge in [0.05, 0.1) is 7.11 Å². The highest BCUT2D eigenvalue weighted by molar-refractivity contribution is 6.30. The fraction of sp³-hybridized carbons (Fsp3) is 0.0625. The highest BCUT2D eigenvalue weighted by atomic mass is 35.5. The van der Waals surface area contributed by atoms with E-state index in [0.29, 0.717) is 21.9 Å². The topological polar surface area (TPSA) is 77.2 Å². The minimum Gasteiger partial charge on any atom is -0.497 e. The summed E-state index contributed by atoms with van der Waals surface area (Å²) in [4.78, 5) is 12.1. The van der Waals surface area contributed by atoms with Crippen LogP contribution in [-0.4, -0.2) is 23.2 Å². The fourth-order valence-corrected chi connectivity index (χ4v) is 2.11. The first-order chi connectivity index (χ1) is 11.2. The van der Waals surface area contributed by atoms with Gasteiger partial charge in [0, 0.05) is 16.1 Å². The van der Waals surface area contributed by atoms with Crippen molar-refractivity contribution in [3.05, 3.63) is 59.1 Å². The van der Waals surface area contributed by atoms with Crippen molar-refractivity contribution in [3.63, 3.8) is 0 Å².